The van der Waals surface area contributed by atoms with Gasteiger partial charge in [0, 0.05) is 17.3 Å². The van der Waals surface area contributed by atoms with Crippen molar-refractivity contribution in [1.29, 1.82) is 0 Å². The van der Waals surface area contributed by atoms with Crippen LogP contribution >= 0.6 is 11.6 Å². The van der Waals surface area contributed by atoms with E-state index < -0.39 is 5.56 Å². The molecule has 210 valence electrons. The van der Waals surface area contributed by atoms with E-state index in [1.165, 1.54) is 14.2 Å². The average molecular weight is 567 g/mol. The SMILES string of the molecule is CCCCc1[nH]c(=O)c(-c2nnc(CC(=O)NCCc3ccccc3Cl)o2)c(O)c1-c1c(OC)cccc1OC. The van der Waals surface area contributed by atoms with Crippen molar-refractivity contribution in [3.05, 3.63) is 75.0 Å². The first-order valence-electron chi connectivity index (χ1n) is 12.9. The minimum Gasteiger partial charge on any atom is -0.506 e. The number of unbranched alkanes of at least 4 members (excludes halogenated alkanes) is 1. The van der Waals surface area contributed by atoms with Gasteiger partial charge in [-0.1, -0.05) is 49.2 Å². The predicted octanol–water partition coefficient (Wildman–Crippen LogP) is 4.71. The molecule has 0 aliphatic rings. The normalized spacial score (nSPS) is 10.9. The van der Waals surface area contributed by atoms with E-state index in [2.05, 4.69) is 20.5 Å². The van der Waals surface area contributed by atoms with Crippen LogP contribution in [0.2, 0.25) is 5.02 Å². The number of nitrogens with zero attached hydrogens (tertiary/aromatic N) is 2. The lowest BCUT2D eigenvalue weighted by atomic mass is 9.96. The molecule has 1 amide bonds. The van der Waals surface area contributed by atoms with Crippen LogP contribution in [0, 0.1) is 0 Å². The van der Waals surface area contributed by atoms with Crippen LogP contribution in [0.1, 0.15) is 36.9 Å². The van der Waals surface area contributed by atoms with E-state index in [0.717, 1.165) is 18.4 Å². The highest BCUT2D eigenvalue weighted by Gasteiger charge is 2.27. The highest BCUT2D eigenvalue weighted by Crippen LogP contribution is 2.46. The summed E-state index contributed by atoms with van der Waals surface area (Å²) in [6.07, 6.45) is 2.51. The van der Waals surface area contributed by atoms with Crippen LogP contribution in [-0.4, -0.2) is 47.0 Å². The van der Waals surface area contributed by atoms with E-state index in [1.807, 2.05) is 25.1 Å². The second kappa shape index (κ2) is 13.2. The molecule has 10 nitrogen and oxygen atoms in total. The number of aromatic amines is 1. The van der Waals surface area contributed by atoms with Crippen molar-refractivity contribution in [3.63, 3.8) is 0 Å². The van der Waals surface area contributed by atoms with E-state index >= 15 is 0 Å². The van der Waals surface area contributed by atoms with E-state index in [4.69, 9.17) is 25.5 Å². The lowest BCUT2D eigenvalue weighted by molar-refractivity contribution is -0.120. The van der Waals surface area contributed by atoms with E-state index in [-0.39, 0.29) is 35.4 Å². The Bertz CT molecular complexity index is 1530. The molecular formula is C29H31ClN4O6. The van der Waals surface area contributed by atoms with Crippen molar-refractivity contribution in [3.8, 4) is 39.8 Å². The number of nitrogens with one attached hydrogen (secondary N) is 2. The fourth-order valence-corrected chi connectivity index (χ4v) is 4.64. The number of benzene rings is 2. The minimum absolute atomic E-state index is 0.00414. The van der Waals surface area contributed by atoms with Gasteiger partial charge < -0.3 is 29.3 Å². The molecule has 4 rings (SSSR count). The molecule has 0 aliphatic heterocycles. The van der Waals surface area contributed by atoms with Gasteiger partial charge in [0.2, 0.25) is 11.8 Å². The van der Waals surface area contributed by atoms with Gasteiger partial charge in [-0.05, 0) is 43.0 Å². The van der Waals surface area contributed by atoms with Crippen LogP contribution in [0.15, 0.2) is 51.7 Å². The Morgan fingerprint density at radius 3 is 2.42 bits per heavy atom. The number of hydrogen-bond acceptors (Lipinski definition) is 8. The summed E-state index contributed by atoms with van der Waals surface area (Å²) in [6, 6.07) is 12.6. The Labute approximate surface area is 236 Å². The number of hydrogen-bond donors (Lipinski definition) is 3. The zero-order chi connectivity index (χ0) is 28.6. The average Bonchev–Trinajstić information content (AvgIpc) is 3.40. The van der Waals surface area contributed by atoms with Crippen LogP contribution in [0.5, 0.6) is 17.2 Å². The lowest BCUT2D eigenvalue weighted by Crippen LogP contribution is -2.27. The van der Waals surface area contributed by atoms with Gasteiger partial charge in [-0.15, -0.1) is 10.2 Å². The minimum atomic E-state index is -0.597. The molecule has 2 aromatic carbocycles. The first-order valence-corrected chi connectivity index (χ1v) is 13.3. The summed E-state index contributed by atoms with van der Waals surface area (Å²) in [7, 11) is 3.02. The first kappa shape index (κ1) is 28.7. The van der Waals surface area contributed by atoms with Crippen molar-refractivity contribution in [2.45, 2.75) is 39.0 Å². The van der Waals surface area contributed by atoms with Gasteiger partial charge in [-0.25, -0.2) is 0 Å². The third-order valence-electron chi connectivity index (χ3n) is 6.39. The molecule has 11 heteroatoms. The molecule has 0 saturated heterocycles. The van der Waals surface area contributed by atoms with Crippen LogP contribution in [0.3, 0.4) is 0 Å². The molecule has 40 heavy (non-hydrogen) atoms. The summed E-state index contributed by atoms with van der Waals surface area (Å²) in [5.74, 6) is -0.00718. The number of halogens is 1. The Kier molecular flexibility index (Phi) is 9.44. The first-order chi connectivity index (χ1) is 19.4. The third kappa shape index (κ3) is 6.28. The second-order valence-electron chi connectivity index (χ2n) is 9.04. The molecule has 0 bridgehead atoms. The van der Waals surface area contributed by atoms with Crippen molar-refractivity contribution in [1.82, 2.24) is 20.5 Å². The number of rotatable bonds is 12. The molecule has 0 aliphatic carbocycles. The maximum absolute atomic E-state index is 13.2. The highest BCUT2D eigenvalue weighted by molar-refractivity contribution is 6.31. The van der Waals surface area contributed by atoms with Gasteiger partial charge in [0.15, 0.2) is 0 Å². The molecule has 0 fully saturated rings. The maximum atomic E-state index is 13.2. The Morgan fingerprint density at radius 2 is 1.75 bits per heavy atom. The Balaban J connectivity index is 1.63. The molecule has 0 saturated carbocycles. The van der Waals surface area contributed by atoms with Gasteiger partial charge in [-0.2, -0.15) is 0 Å². The van der Waals surface area contributed by atoms with Crippen LogP contribution in [-0.2, 0) is 24.1 Å². The number of amides is 1. The molecule has 0 spiro atoms. The molecule has 3 N–H and O–H groups in total. The number of aromatic nitrogens is 3. The largest absolute Gasteiger partial charge is 0.506 e. The summed E-state index contributed by atoms with van der Waals surface area (Å²) in [6.45, 7) is 2.40. The zero-order valence-corrected chi connectivity index (χ0v) is 23.3. The van der Waals surface area contributed by atoms with Gasteiger partial charge in [0.05, 0.1) is 25.3 Å². The Hall–Kier alpha value is -4.31. The number of aryl methyl sites for hydroxylation is 1. The summed E-state index contributed by atoms with van der Waals surface area (Å²) >= 11 is 6.17. The predicted molar refractivity (Wildman–Crippen MR) is 151 cm³/mol. The lowest BCUT2D eigenvalue weighted by Gasteiger charge is -2.18. The number of methoxy groups -OCH3 is 2. The van der Waals surface area contributed by atoms with Crippen LogP contribution in [0.25, 0.3) is 22.6 Å². The smallest absolute Gasteiger partial charge is 0.264 e. The number of carbonyl (C=O) groups is 1. The number of ether oxygens (including phenoxy) is 2. The van der Waals surface area contributed by atoms with Crippen molar-refractivity contribution in [2.24, 2.45) is 0 Å². The van der Waals surface area contributed by atoms with Gasteiger partial charge in [0.1, 0.15) is 29.2 Å². The molecule has 0 atom stereocenters. The summed E-state index contributed by atoms with van der Waals surface area (Å²) in [4.78, 5) is 28.5. The Morgan fingerprint density at radius 1 is 1.02 bits per heavy atom. The number of aromatic hydroxyl groups is 1. The molecule has 2 aromatic heterocycles. The van der Waals surface area contributed by atoms with Gasteiger partial charge >= 0.3 is 0 Å². The fourth-order valence-electron chi connectivity index (χ4n) is 4.41. The standard InChI is InChI=1S/C29H31ClN4O6/c1-4-5-11-19-24(25-20(38-2)12-8-13-21(25)39-3)27(36)26(28(37)32-19)29-34-33-23(40-29)16-22(35)31-15-14-17-9-6-7-10-18(17)30/h6-10,12-13H,4-5,11,14-16H2,1-3H3,(H,31,35)(H2,32,36,37). The molecule has 0 unspecified atom stereocenters. The van der Waals surface area contributed by atoms with E-state index in [0.29, 0.717) is 52.7 Å². The molecule has 2 heterocycles. The quantitative estimate of drug-likeness (QED) is 0.224. The molecule has 0 radical (unpaired) electrons. The summed E-state index contributed by atoms with van der Waals surface area (Å²) < 4.78 is 16.8. The third-order valence-corrected chi connectivity index (χ3v) is 6.76. The monoisotopic (exact) mass is 566 g/mol. The van der Waals surface area contributed by atoms with E-state index in [9.17, 15) is 14.7 Å². The van der Waals surface area contributed by atoms with E-state index in [1.54, 1.807) is 24.3 Å². The molecular weight excluding hydrogens is 536 g/mol. The second-order valence-corrected chi connectivity index (χ2v) is 9.45. The topological polar surface area (TPSA) is 140 Å². The van der Waals surface area contributed by atoms with Crippen molar-refractivity contribution < 1.29 is 23.8 Å². The van der Waals surface area contributed by atoms with Crippen molar-refractivity contribution in [2.75, 3.05) is 20.8 Å². The summed E-state index contributed by atoms with van der Waals surface area (Å²) in [5, 5.41) is 22.8. The fraction of sp³-hybridized carbons (Fsp3) is 0.310. The maximum Gasteiger partial charge on any atom is 0.264 e. The zero-order valence-electron chi connectivity index (χ0n) is 22.5. The summed E-state index contributed by atoms with van der Waals surface area (Å²) in [5.41, 5.74) is 1.46. The molecule has 4 aromatic rings. The number of H-pyrrole nitrogens is 1. The van der Waals surface area contributed by atoms with Gasteiger partial charge in [0.25, 0.3) is 11.4 Å². The van der Waals surface area contributed by atoms with Gasteiger partial charge in [-0.3, -0.25) is 9.59 Å². The number of carbonyl (C=O) groups excluding carboxylic acids is 1. The highest BCUT2D eigenvalue weighted by atomic mass is 35.5. The number of pyridine rings is 1. The van der Waals surface area contributed by atoms with Crippen LogP contribution < -0.4 is 20.3 Å². The van der Waals surface area contributed by atoms with Crippen LogP contribution in [0.4, 0.5) is 0 Å². The van der Waals surface area contributed by atoms with Crippen molar-refractivity contribution >= 4 is 17.5 Å².